The van der Waals surface area contributed by atoms with Gasteiger partial charge in [0.15, 0.2) is 0 Å². The maximum atomic E-state index is 12.2. The smallest absolute Gasteiger partial charge is 0.230 e. The summed E-state index contributed by atoms with van der Waals surface area (Å²) in [6.45, 7) is 2.24. The summed E-state index contributed by atoms with van der Waals surface area (Å²) >= 11 is 3.10. The first-order valence-corrected chi connectivity index (χ1v) is 10.7. The zero-order valence-corrected chi connectivity index (χ0v) is 15.7. The van der Waals surface area contributed by atoms with E-state index < -0.39 is 0 Å². The summed E-state index contributed by atoms with van der Waals surface area (Å²) < 4.78 is 0. The van der Waals surface area contributed by atoms with Crippen molar-refractivity contribution in [2.24, 2.45) is 0 Å². The SMILES string of the molecule is O=C(CSc1n[nH]c(Cc2cccs2)n1)NC1CCN(C2CC2)CC1. The van der Waals surface area contributed by atoms with Crippen LogP contribution in [-0.4, -0.2) is 56.9 Å². The van der Waals surface area contributed by atoms with E-state index in [0.29, 0.717) is 17.0 Å². The van der Waals surface area contributed by atoms with Crippen molar-refractivity contribution in [3.63, 3.8) is 0 Å². The topological polar surface area (TPSA) is 73.9 Å². The number of carbonyl (C=O) groups excluding carboxylic acids is 1. The Morgan fingerprint density at radius 1 is 1.36 bits per heavy atom. The second-order valence-corrected chi connectivity index (χ2v) is 8.69. The molecule has 1 saturated carbocycles. The molecule has 25 heavy (non-hydrogen) atoms. The minimum Gasteiger partial charge on any atom is -0.353 e. The summed E-state index contributed by atoms with van der Waals surface area (Å²) in [5.74, 6) is 1.30. The highest BCUT2D eigenvalue weighted by molar-refractivity contribution is 7.99. The molecule has 2 fully saturated rings. The normalized spacial score (nSPS) is 19.2. The third-order valence-electron chi connectivity index (χ3n) is 4.72. The van der Waals surface area contributed by atoms with E-state index in [-0.39, 0.29) is 5.91 Å². The van der Waals surface area contributed by atoms with Crippen LogP contribution < -0.4 is 5.32 Å². The van der Waals surface area contributed by atoms with Crippen molar-refractivity contribution in [1.82, 2.24) is 25.4 Å². The van der Waals surface area contributed by atoms with Gasteiger partial charge in [0, 0.05) is 36.5 Å². The van der Waals surface area contributed by atoms with Gasteiger partial charge in [-0.15, -0.1) is 16.4 Å². The lowest BCUT2D eigenvalue weighted by Gasteiger charge is -2.32. The third-order valence-corrected chi connectivity index (χ3v) is 6.45. The molecule has 1 saturated heterocycles. The number of rotatable bonds is 7. The van der Waals surface area contributed by atoms with Crippen molar-refractivity contribution >= 4 is 29.0 Å². The lowest BCUT2D eigenvalue weighted by Crippen LogP contribution is -2.45. The fraction of sp³-hybridized carbons (Fsp3) is 0.588. The van der Waals surface area contributed by atoms with Crippen LogP contribution in [0.1, 0.15) is 36.4 Å². The van der Waals surface area contributed by atoms with E-state index in [2.05, 4.69) is 36.8 Å². The maximum Gasteiger partial charge on any atom is 0.230 e. The number of hydrogen-bond acceptors (Lipinski definition) is 6. The van der Waals surface area contributed by atoms with Gasteiger partial charge in [-0.25, -0.2) is 4.98 Å². The molecule has 3 heterocycles. The average molecular weight is 378 g/mol. The maximum absolute atomic E-state index is 12.2. The van der Waals surface area contributed by atoms with Gasteiger partial charge in [-0.3, -0.25) is 9.89 Å². The second kappa shape index (κ2) is 7.88. The van der Waals surface area contributed by atoms with Crippen LogP contribution in [0.25, 0.3) is 0 Å². The third kappa shape index (κ3) is 4.83. The van der Waals surface area contributed by atoms with E-state index in [1.807, 2.05) is 6.07 Å². The number of nitrogens with zero attached hydrogens (tertiary/aromatic N) is 3. The quantitative estimate of drug-likeness (QED) is 0.724. The van der Waals surface area contributed by atoms with Crippen molar-refractivity contribution in [3.8, 4) is 0 Å². The summed E-state index contributed by atoms with van der Waals surface area (Å²) in [7, 11) is 0. The number of hydrogen-bond donors (Lipinski definition) is 2. The molecule has 2 aliphatic rings. The molecule has 4 rings (SSSR count). The van der Waals surface area contributed by atoms with Gasteiger partial charge in [0.1, 0.15) is 5.82 Å². The number of likely N-dealkylation sites (tertiary alicyclic amines) is 1. The summed E-state index contributed by atoms with van der Waals surface area (Å²) in [4.78, 5) is 20.4. The highest BCUT2D eigenvalue weighted by atomic mass is 32.2. The monoisotopic (exact) mass is 377 g/mol. The largest absolute Gasteiger partial charge is 0.353 e. The van der Waals surface area contributed by atoms with Gasteiger partial charge >= 0.3 is 0 Å². The van der Waals surface area contributed by atoms with Gasteiger partial charge in [-0.1, -0.05) is 17.8 Å². The molecule has 0 spiro atoms. The Labute approximate surface area is 155 Å². The van der Waals surface area contributed by atoms with Crippen molar-refractivity contribution < 1.29 is 4.79 Å². The van der Waals surface area contributed by atoms with E-state index in [1.54, 1.807) is 11.3 Å². The zero-order valence-electron chi connectivity index (χ0n) is 14.1. The summed E-state index contributed by atoms with van der Waals surface area (Å²) in [6, 6.07) is 5.28. The molecule has 0 radical (unpaired) electrons. The molecular weight excluding hydrogens is 354 g/mol. The Bertz CT molecular complexity index is 690. The molecule has 0 unspecified atom stereocenters. The number of H-pyrrole nitrogens is 1. The Morgan fingerprint density at radius 3 is 2.92 bits per heavy atom. The van der Waals surface area contributed by atoms with Crippen LogP contribution in [-0.2, 0) is 11.2 Å². The predicted molar refractivity (Wildman–Crippen MR) is 100.0 cm³/mol. The molecule has 0 aromatic carbocycles. The Morgan fingerprint density at radius 2 is 2.20 bits per heavy atom. The molecule has 1 aliphatic heterocycles. The highest BCUT2D eigenvalue weighted by Gasteiger charge is 2.32. The molecule has 2 aromatic rings. The number of piperidine rings is 1. The van der Waals surface area contributed by atoms with Crippen LogP contribution in [0.2, 0.25) is 0 Å². The molecule has 8 heteroatoms. The minimum atomic E-state index is 0.0829. The van der Waals surface area contributed by atoms with Crippen LogP contribution in [0.15, 0.2) is 22.7 Å². The van der Waals surface area contributed by atoms with Crippen LogP contribution in [0.5, 0.6) is 0 Å². The molecule has 6 nitrogen and oxygen atoms in total. The first kappa shape index (κ1) is 17.1. The molecule has 1 aliphatic carbocycles. The molecule has 134 valence electrons. The second-order valence-electron chi connectivity index (χ2n) is 6.72. The lowest BCUT2D eigenvalue weighted by molar-refractivity contribution is -0.119. The first-order valence-electron chi connectivity index (χ1n) is 8.86. The van der Waals surface area contributed by atoms with Crippen LogP contribution in [0.3, 0.4) is 0 Å². The fourth-order valence-corrected chi connectivity index (χ4v) is 4.59. The predicted octanol–water partition coefficient (Wildman–Crippen LogP) is 2.29. The Balaban J connectivity index is 1.18. The summed E-state index contributed by atoms with van der Waals surface area (Å²) in [5, 5.41) is 13.0. The summed E-state index contributed by atoms with van der Waals surface area (Å²) in [6.07, 6.45) is 5.62. The van der Waals surface area contributed by atoms with Gasteiger partial charge in [-0.2, -0.15) is 0 Å². The van der Waals surface area contributed by atoms with Crippen LogP contribution in [0, 0.1) is 0 Å². The first-order chi connectivity index (χ1) is 12.3. The molecule has 2 aromatic heterocycles. The Kier molecular flexibility index (Phi) is 5.38. The van der Waals surface area contributed by atoms with E-state index in [0.717, 1.165) is 44.2 Å². The van der Waals surface area contributed by atoms with Gasteiger partial charge in [0.25, 0.3) is 0 Å². The van der Waals surface area contributed by atoms with Gasteiger partial charge in [0.05, 0.1) is 5.75 Å². The number of amides is 1. The fourth-order valence-electron chi connectivity index (χ4n) is 3.25. The molecule has 2 N–H and O–H groups in total. The zero-order chi connectivity index (χ0) is 17.1. The Hall–Kier alpha value is -1.38. The van der Waals surface area contributed by atoms with Crippen molar-refractivity contribution in [1.29, 1.82) is 0 Å². The van der Waals surface area contributed by atoms with Crippen LogP contribution >= 0.6 is 23.1 Å². The van der Waals surface area contributed by atoms with Crippen molar-refractivity contribution in [2.45, 2.75) is 49.3 Å². The highest BCUT2D eigenvalue weighted by Crippen LogP contribution is 2.29. The van der Waals surface area contributed by atoms with Gasteiger partial charge in [0.2, 0.25) is 11.1 Å². The molecular formula is C17H23N5OS2. The number of thiophene rings is 1. The molecule has 0 bridgehead atoms. The van der Waals surface area contributed by atoms with Gasteiger partial charge < -0.3 is 10.2 Å². The molecule has 1 amide bonds. The van der Waals surface area contributed by atoms with Crippen LogP contribution in [0.4, 0.5) is 0 Å². The standard InChI is InChI=1S/C17H23N5OS2/c23-16(18-12-5-7-22(8-6-12)13-3-4-13)11-25-17-19-15(20-21-17)10-14-2-1-9-24-14/h1-2,9,12-13H,3-8,10-11H2,(H,18,23)(H,19,20,21). The number of thioether (sulfide) groups is 1. The number of aromatic nitrogens is 3. The average Bonchev–Trinajstić information content (AvgIpc) is 3.16. The van der Waals surface area contributed by atoms with E-state index >= 15 is 0 Å². The van der Waals surface area contributed by atoms with E-state index in [9.17, 15) is 4.79 Å². The van der Waals surface area contributed by atoms with E-state index in [4.69, 9.17) is 0 Å². The summed E-state index contributed by atoms with van der Waals surface area (Å²) in [5.41, 5.74) is 0. The van der Waals surface area contributed by atoms with E-state index in [1.165, 1.54) is 29.5 Å². The number of nitrogens with one attached hydrogen (secondary N) is 2. The molecule has 0 atom stereocenters. The number of aromatic amines is 1. The minimum absolute atomic E-state index is 0.0829. The van der Waals surface area contributed by atoms with Crippen molar-refractivity contribution in [2.75, 3.05) is 18.8 Å². The van der Waals surface area contributed by atoms with Crippen molar-refractivity contribution in [3.05, 3.63) is 28.2 Å². The lowest BCUT2D eigenvalue weighted by atomic mass is 10.1. The van der Waals surface area contributed by atoms with Gasteiger partial charge in [-0.05, 0) is 37.1 Å². The number of carbonyl (C=O) groups is 1.